The average Bonchev–Trinajstić information content (AvgIpc) is 3.18. The maximum atomic E-state index is 13.5. The van der Waals surface area contributed by atoms with Gasteiger partial charge in [-0.25, -0.2) is 4.79 Å². The average molecular weight is 581 g/mol. The molecule has 42 heavy (non-hydrogen) atoms. The Kier molecular flexibility index (Phi) is 9.17. The fourth-order valence-electron chi connectivity index (χ4n) is 7.03. The van der Waals surface area contributed by atoms with Crippen LogP contribution in [0.5, 0.6) is 0 Å². The molecule has 5 rings (SSSR count). The highest BCUT2D eigenvalue weighted by Gasteiger charge is 2.42. The number of piperazine rings is 1. The molecular weight excluding hydrogens is 536 g/mol. The Morgan fingerprint density at radius 3 is 2.29 bits per heavy atom. The van der Waals surface area contributed by atoms with Crippen LogP contribution in [0.1, 0.15) is 62.9 Å². The number of hydrogen-bond donors (Lipinski definition) is 2. The summed E-state index contributed by atoms with van der Waals surface area (Å²) in [5.74, 6) is -0.228. The number of carbonyl (C=O) groups excluding carboxylic acids is 3. The van der Waals surface area contributed by atoms with Crippen molar-refractivity contribution in [3.05, 3.63) is 46.2 Å². The van der Waals surface area contributed by atoms with E-state index >= 15 is 0 Å². The normalized spacial score (nSPS) is 23.6. The number of nitrogens with zero attached hydrogens (tertiary/aromatic N) is 4. The highest BCUT2D eigenvalue weighted by atomic mass is 16.6. The predicted molar refractivity (Wildman–Crippen MR) is 161 cm³/mol. The lowest BCUT2D eigenvalue weighted by Crippen LogP contribution is -2.55. The third-order valence-corrected chi connectivity index (χ3v) is 9.10. The van der Waals surface area contributed by atoms with Crippen molar-refractivity contribution in [2.45, 2.75) is 76.7 Å². The molecular formula is C31H44N6O5. The minimum Gasteiger partial charge on any atom is -0.444 e. The predicted octanol–water partition coefficient (Wildman–Crippen LogP) is 2.20. The molecule has 2 N–H and O–H groups in total. The number of benzene rings is 1. The third kappa shape index (κ3) is 6.47. The fourth-order valence-corrected chi connectivity index (χ4v) is 7.03. The van der Waals surface area contributed by atoms with Crippen molar-refractivity contribution in [1.82, 2.24) is 29.9 Å². The van der Waals surface area contributed by atoms with Crippen molar-refractivity contribution in [2.75, 3.05) is 46.3 Å². The van der Waals surface area contributed by atoms with Crippen molar-refractivity contribution in [1.29, 1.82) is 0 Å². The van der Waals surface area contributed by atoms with Gasteiger partial charge in [-0.1, -0.05) is 18.2 Å². The molecule has 11 heteroatoms. The van der Waals surface area contributed by atoms with Gasteiger partial charge in [-0.2, -0.15) is 0 Å². The number of ether oxygens (including phenoxy) is 1. The monoisotopic (exact) mass is 580 g/mol. The molecule has 1 aromatic carbocycles. The second kappa shape index (κ2) is 12.8. The molecule has 0 aliphatic carbocycles. The van der Waals surface area contributed by atoms with Crippen molar-refractivity contribution >= 4 is 28.8 Å². The molecule has 2 bridgehead atoms. The lowest BCUT2D eigenvalue weighted by Gasteiger charge is -2.42. The maximum Gasteiger partial charge on any atom is 0.407 e. The van der Waals surface area contributed by atoms with Crippen LogP contribution in [-0.2, 0) is 9.53 Å². The van der Waals surface area contributed by atoms with Gasteiger partial charge in [0.05, 0.1) is 5.52 Å². The number of para-hydroxylation sites is 1. The van der Waals surface area contributed by atoms with Gasteiger partial charge in [0, 0.05) is 77.4 Å². The number of hydrogen-bond acceptors (Lipinski definition) is 7. The van der Waals surface area contributed by atoms with E-state index in [0.717, 1.165) is 49.7 Å². The molecule has 0 spiro atoms. The van der Waals surface area contributed by atoms with Crippen LogP contribution in [0.4, 0.5) is 4.79 Å². The molecule has 3 aliphatic rings. The zero-order valence-corrected chi connectivity index (χ0v) is 25.2. The number of piperidine rings is 1. The number of nitrogens with one attached hydrogen (secondary N) is 2. The van der Waals surface area contributed by atoms with Gasteiger partial charge in [0.1, 0.15) is 11.7 Å². The second-order valence-corrected chi connectivity index (χ2v) is 12.2. The van der Waals surface area contributed by atoms with E-state index in [1.807, 2.05) is 43.0 Å². The molecule has 2 aromatic rings. The summed E-state index contributed by atoms with van der Waals surface area (Å²) in [6.45, 7) is 9.60. The summed E-state index contributed by atoms with van der Waals surface area (Å²) in [5, 5.41) is 6.63. The molecule has 0 radical (unpaired) electrons. The first-order valence-corrected chi connectivity index (χ1v) is 15.2. The Balaban J connectivity index is 1.24. The number of alkyl carbamates (subject to hydrolysis) is 1. The number of carbonyl (C=O) groups is 3. The van der Waals surface area contributed by atoms with E-state index in [1.165, 1.54) is 0 Å². The first-order chi connectivity index (χ1) is 20.1. The van der Waals surface area contributed by atoms with Gasteiger partial charge in [-0.15, -0.1) is 0 Å². The van der Waals surface area contributed by atoms with Gasteiger partial charge >= 0.3 is 6.09 Å². The van der Waals surface area contributed by atoms with Gasteiger partial charge in [0.2, 0.25) is 5.91 Å². The third-order valence-electron chi connectivity index (χ3n) is 9.10. The first-order valence-electron chi connectivity index (χ1n) is 15.2. The lowest BCUT2D eigenvalue weighted by atomic mass is 9.96. The summed E-state index contributed by atoms with van der Waals surface area (Å²) in [6, 6.07) is 9.82. The van der Waals surface area contributed by atoms with E-state index in [9.17, 15) is 19.2 Å². The summed E-state index contributed by atoms with van der Waals surface area (Å²) in [7, 11) is 1.56. The van der Waals surface area contributed by atoms with Gasteiger partial charge in [0.25, 0.3) is 11.5 Å². The first kappa shape index (κ1) is 30.0. The Morgan fingerprint density at radius 2 is 1.67 bits per heavy atom. The Morgan fingerprint density at radius 1 is 1.00 bits per heavy atom. The minimum absolute atomic E-state index is 0.0254. The van der Waals surface area contributed by atoms with Crippen LogP contribution in [-0.4, -0.2) is 108 Å². The number of pyridine rings is 1. The quantitative estimate of drug-likeness (QED) is 0.492. The van der Waals surface area contributed by atoms with Crippen molar-refractivity contribution in [3.8, 4) is 0 Å². The molecule has 3 amide bonds. The summed E-state index contributed by atoms with van der Waals surface area (Å²) < 4.78 is 7.51. The topological polar surface area (TPSA) is 116 Å². The summed E-state index contributed by atoms with van der Waals surface area (Å²) >= 11 is 0. The molecule has 1 aromatic heterocycles. The fraction of sp³-hybridized carbons (Fsp3) is 0.613. The van der Waals surface area contributed by atoms with Gasteiger partial charge in [-0.3, -0.25) is 24.2 Å². The molecule has 3 atom stereocenters. The SMILES string of the molecule is CNC(=O)OC(CN1CCN(C(C)=O)CC1)CN1C2CCC1CC(NC(=O)c1cc3ccccc3n(C(C)C)c1=O)C2. The van der Waals surface area contributed by atoms with Crippen LogP contribution in [0.2, 0.25) is 0 Å². The minimum atomic E-state index is -0.445. The highest BCUT2D eigenvalue weighted by Crippen LogP contribution is 2.36. The molecule has 3 aliphatic heterocycles. The number of rotatable bonds is 8. The standard InChI is InChI=1S/C31H44N6O5/c1-20(2)37-28-8-6-5-7-22(28)15-27(30(37)40)29(39)33-23-16-24-9-10-25(17-23)36(24)19-26(42-31(41)32-4)18-34-11-13-35(14-12-34)21(3)38/h5-8,15,20,23-26H,9-14,16-19H2,1-4H3,(H,32,41)(H,33,39). The van der Waals surface area contributed by atoms with Crippen LogP contribution < -0.4 is 16.2 Å². The van der Waals surface area contributed by atoms with E-state index in [-0.39, 0.29) is 53.2 Å². The molecule has 228 valence electrons. The smallest absolute Gasteiger partial charge is 0.407 e. The van der Waals surface area contributed by atoms with E-state index in [1.54, 1.807) is 24.6 Å². The summed E-state index contributed by atoms with van der Waals surface area (Å²) in [4.78, 5) is 57.3. The van der Waals surface area contributed by atoms with Gasteiger partial charge in [-0.05, 0) is 57.0 Å². The number of amides is 3. The van der Waals surface area contributed by atoms with Crippen molar-refractivity contribution < 1.29 is 19.1 Å². The van der Waals surface area contributed by atoms with Gasteiger partial charge < -0.3 is 24.8 Å². The van der Waals surface area contributed by atoms with Crippen LogP contribution >= 0.6 is 0 Å². The largest absolute Gasteiger partial charge is 0.444 e. The van der Waals surface area contributed by atoms with Crippen LogP contribution in [0.3, 0.4) is 0 Å². The van der Waals surface area contributed by atoms with Crippen LogP contribution in [0.25, 0.3) is 10.9 Å². The second-order valence-electron chi connectivity index (χ2n) is 12.2. The Labute approximate surface area is 247 Å². The van der Waals surface area contributed by atoms with E-state index in [2.05, 4.69) is 20.4 Å². The zero-order valence-electron chi connectivity index (χ0n) is 25.2. The Bertz CT molecular complexity index is 1350. The maximum absolute atomic E-state index is 13.5. The van der Waals surface area contributed by atoms with Gasteiger partial charge in [0.15, 0.2) is 0 Å². The molecule has 3 fully saturated rings. The van der Waals surface area contributed by atoms with E-state index in [0.29, 0.717) is 26.2 Å². The molecule has 3 unspecified atom stereocenters. The Hall–Kier alpha value is -3.44. The number of fused-ring (bicyclic) bond motifs is 3. The molecule has 0 saturated carbocycles. The molecule has 11 nitrogen and oxygen atoms in total. The molecule has 4 heterocycles. The van der Waals surface area contributed by atoms with Crippen molar-refractivity contribution in [3.63, 3.8) is 0 Å². The van der Waals surface area contributed by atoms with Crippen molar-refractivity contribution in [2.24, 2.45) is 0 Å². The van der Waals surface area contributed by atoms with Crippen LogP contribution in [0, 0.1) is 0 Å². The zero-order chi connectivity index (χ0) is 30.0. The number of aromatic nitrogens is 1. The summed E-state index contributed by atoms with van der Waals surface area (Å²) in [5.41, 5.74) is 0.746. The van der Waals surface area contributed by atoms with E-state index < -0.39 is 6.09 Å². The lowest BCUT2D eigenvalue weighted by molar-refractivity contribution is -0.130. The highest BCUT2D eigenvalue weighted by molar-refractivity contribution is 5.97. The van der Waals surface area contributed by atoms with Crippen LogP contribution in [0.15, 0.2) is 35.1 Å². The molecule has 3 saturated heterocycles. The van der Waals surface area contributed by atoms with E-state index in [4.69, 9.17) is 4.74 Å². The summed E-state index contributed by atoms with van der Waals surface area (Å²) in [6.07, 6.45) is 2.87.